The van der Waals surface area contributed by atoms with E-state index in [2.05, 4.69) is 26.4 Å². The number of carboxylic acids is 1. The number of ketones is 2. The van der Waals surface area contributed by atoms with Crippen LogP contribution in [0.3, 0.4) is 0 Å². The number of allylic oxidation sites excluding steroid dienone is 4. The summed E-state index contributed by atoms with van der Waals surface area (Å²) < 4.78 is 34.4. The molecule has 0 unspecified atom stereocenters. The molecular formula is C35H25N5NaO7S. The van der Waals surface area contributed by atoms with E-state index in [-0.39, 0.29) is 46.4 Å². The zero-order chi connectivity index (χ0) is 33.8. The number of anilines is 4. The molecule has 1 radical (unpaired) electrons. The number of fused-ring (bicyclic) bond motifs is 1. The van der Waals surface area contributed by atoms with Crippen LogP contribution in [0.1, 0.15) is 15.9 Å². The van der Waals surface area contributed by atoms with E-state index in [1.165, 1.54) is 18.2 Å². The molecule has 4 aromatic rings. The number of Topliss-reactive ketones (excluding diaryl/α,β-unsaturated/α-hetero) is 1. The molecule has 0 spiro atoms. The van der Waals surface area contributed by atoms with Gasteiger partial charge in [-0.2, -0.15) is 18.6 Å². The third-order valence-corrected chi connectivity index (χ3v) is 8.15. The first-order valence-electron chi connectivity index (χ1n) is 14.3. The van der Waals surface area contributed by atoms with Gasteiger partial charge in [0.05, 0.1) is 17.1 Å². The van der Waals surface area contributed by atoms with Crippen molar-refractivity contribution in [2.75, 3.05) is 16.2 Å². The number of hydrazone groups is 2. The van der Waals surface area contributed by atoms with Crippen LogP contribution >= 0.6 is 0 Å². The number of nitrogens with zero attached hydrogens (tertiary/aromatic N) is 2. The van der Waals surface area contributed by atoms with Gasteiger partial charge in [-0.15, -0.1) is 0 Å². The van der Waals surface area contributed by atoms with Crippen molar-refractivity contribution >= 4 is 97.5 Å². The SMILES string of the molecule is O=C(O)C1=C/C(=N\Nc2ccc(-c3ccc(N/N=C4\C(=O)c5cc(Nc6ccccc6)ccc5C=C4S(=O)(=O)O)cc3)cc2)C=CC1=O.[Na]. The molecule has 0 aromatic heterocycles. The Hall–Kier alpha value is -5.44. The first kappa shape index (κ1) is 34.9. The largest absolute Gasteiger partial charge is 0.478 e. The summed E-state index contributed by atoms with van der Waals surface area (Å²) in [6.07, 6.45) is 4.97. The average molecular weight is 683 g/mol. The zero-order valence-corrected chi connectivity index (χ0v) is 28.6. The van der Waals surface area contributed by atoms with Crippen LogP contribution < -0.4 is 16.2 Å². The second-order valence-corrected chi connectivity index (χ2v) is 11.9. The molecule has 0 amide bonds. The monoisotopic (exact) mass is 682 g/mol. The number of carbonyl (C=O) groups excluding carboxylic acids is 2. The van der Waals surface area contributed by atoms with Crippen LogP contribution in [0.15, 0.2) is 136 Å². The van der Waals surface area contributed by atoms with Crippen molar-refractivity contribution in [1.82, 2.24) is 0 Å². The number of carboxylic acid groups (broad SMARTS) is 1. The number of rotatable bonds is 9. The fourth-order valence-corrected chi connectivity index (χ4v) is 5.53. The Morgan fingerprint density at radius 3 is 1.88 bits per heavy atom. The minimum absolute atomic E-state index is 0. The molecule has 0 saturated heterocycles. The second-order valence-electron chi connectivity index (χ2n) is 10.5. The fourth-order valence-electron chi connectivity index (χ4n) is 4.87. The number of aliphatic carboxylic acids is 1. The molecule has 12 nitrogen and oxygen atoms in total. The maximum absolute atomic E-state index is 13.5. The van der Waals surface area contributed by atoms with Gasteiger partial charge in [0.2, 0.25) is 5.78 Å². The van der Waals surface area contributed by atoms with E-state index in [0.717, 1.165) is 22.9 Å². The van der Waals surface area contributed by atoms with Crippen molar-refractivity contribution in [3.8, 4) is 11.1 Å². The Labute approximate surface area is 302 Å². The van der Waals surface area contributed by atoms with E-state index < -0.39 is 38.3 Å². The summed E-state index contributed by atoms with van der Waals surface area (Å²) in [4.78, 5) is 35.7. The Morgan fingerprint density at radius 1 is 0.694 bits per heavy atom. The van der Waals surface area contributed by atoms with Gasteiger partial charge in [0.15, 0.2) is 11.5 Å². The topological polar surface area (TPSA) is 187 Å². The molecule has 0 aliphatic heterocycles. The summed E-state index contributed by atoms with van der Waals surface area (Å²) in [6.45, 7) is 0. The molecule has 0 saturated carbocycles. The molecule has 0 atom stereocenters. The van der Waals surface area contributed by atoms with Crippen LogP contribution in [-0.4, -0.2) is 76.6 Å². The van der Waals surface area contributed by atoms with E-state index in [9.17, 15) is 27.4 Å². The van der Waals surface area contributed by atoms with Crippen molar-refractivity contribution in [3.63, 3.8) is 0 Å². The second kappa shape index (κ2) is 14.8. The Bertz CT molecular complexity index is 2230. The number of para-hydroxylation sites is 1. The van der Waals surface area contributed by atoms with Crippen molar-refractivity contribution in [2.45, 2.75) is 0 Å². The van der Waals surface area contributed by atoms with Crippen LogP contribution in [0.25, 0.3) is 17.2 Å². The van der Waals surface area contributed by atoms with Crippen LogP contribution in [0.2, 0.25) is 0 Å². The van der Waals surface area contributed by atoms with Crippen molar-refractivity contribution in [3.05, 3.63) is 137 Å². The molecule has 14 heteroatoms. The van der Waals surface area contributed by atoms with Crippen LogP contribution in [-0.2, 0) is 19.7 Å². The molecule has 0 heterocycles. The minimum atomic E-state index is -4.78. The Morgan fingerprint density at radius 2 is 1.29 bits per heavy atom. The molecule has 5 N–H and O–H groups in total. The summed E-state index contributed by atoms with van der Waals surface area (Å²) in [5.74, 6) is -2.60. The fraction of sp³-hybridized carbons (Fsp3) is 0. The van der Waals surface area contributed by atoms with E-state index in [1.807, 2.05) is 42.5 Å². The van der Waals surface area contributed by atoms with E-state index in [1.54, 1.807) is 54.6 Å². The molecule has 49 heavy (non-hydrogen) atoms. The molecule has 6 rings (SSSR count). The molecule has 0 fully saturated rings. The predicted octanol–water partition coefficient (Wildman–Crippen LogP) is 5.53. The van der Waals surface area contributed by atoms with Crippen LogP contribution in [0.4, 0.5) is 22.7 Å². The average Bonchev–Trinajstić information content (AvgIpc) is 3.08. The first-order chi connectivity index (χ1) is 23.0. The van der Waals surface area contributed by atoms with E-state index >= 15 is 0 Å². The van der Waals surface area contributed by atoms with Crippen LogP contribution in [0, 0.1) is 0 Å². The van der Waals surface area contributed by atoms with Gasteiger partial charge in [-0.05, 0) is 89.5 Å². The van der Waals surface area contributed by atoms with Gasteiger partial charge >= 0.3 is 5.97 Å². The standard InChI is InChI=1S/C35H25N5O7S.Na/c41-31-17-16-28(20-30(31)35(43)44)39-37-25-11-6-21(7-12-25)22-8-13-26(14-9-22)38-40-33-32(48(45,46)47)18-23-10-15-27(19-29(23)34(33)42)36-24-4-2-1-3-5-24;/h1-20,36-38H,(H,43,44)(H,45,46,47);/b39-28-,40-33-;. The van der Waals surface area contributed by atoms with Crippen LogP contribution in [0.5, 0.6) is 0 Å². The smallest absolute Gasteiger partial charge is 0.339 e. The van der Waals surface area contributed by atoms with Crippen molar-refractivity contribution in [2.24, 2.45) is 10.2 Å². The molecule has 0 bridgehead atoms. The van der Waals surface area contributed by atoms with Gasteiger partial charge < -0.3 is 10.4 Å². The molecule has 239 valence electrons. The number of hydrogen-bond donors (Lipinski definition) is 5. The number of hydrogen-bond acceptors (Lipinski definition) is 10. The Balaban J connectivity index is 0.00000468. The van der Waals surface area contributed by atoms with E-state index in [0.29, 0.717) is 22.6 Å². The summed E-state index contributed by atoms with van der Waals surface area (Å²) in [7, 11) is -4.78. The number of nitrogens with one attached hydrogen (secondary N) is 3. The first-order valence-corrected chi connectivity index (χ1v) is 15.7. The predicted molar refractivity (Wildman–Crippen MR) is 190 cm³/mol. The third-order valence-electron chi connectivity index (χ3n) is 7.28. The minimum Gasteiger partial charge on any atom is -0.478 e. The summed E-state index contributed by atoms with van der Waals surface area (Å²) in [5.41, 5.74) is 9.76. The normalized spacial score (nSPS) is 15.5. The molecule has 2 aliphatic rings. The quantitative estimate of drug-likeness (QED) is 0.0494. The third kappa shape index (κ3) is 8.17. The van der Waals surface area contributed by atoms with Crippen molar-refractivity contribution in [1.29, 1.82) is 0 Å². The van der Waals surface area contributed by atoms with Gasteiger partial charge in [-0.25, -0.2) is 4.79 Å². The number of benzene rings is 4. The van der Waals surface area contributed by atoms with Gasteiger partial charge in [0, 0.05) is 46.5 Å². The Kier molecular flexibility index (Phi) is 10.5. The van der Waals surface area contributed by atoms with Gasteiger partial charge in [0.1, 0.15) is 10.5 Å². The van der Waals surface area contributed by atoms with Gasteiger partial charge in [-0.3, -0.25) is 25.0 Å². The summed E-state index contributed by atoms with van der Waals surface area (Å²) in [6, 6.07) is 28.4. The molecule has 2 aliphatic carbocycles. The zero-order valence-electron chi connectivity index (χ0n) is 25.8. The summed E-state index contributed by atoms with van der Waals surface area (Å²) in [5, 5.41) is 20.6. The maximum Gasteiger partial charge on any atom is 0.339 e. The van der Waals surface area contributed by atoms with Gasteiger partial charge in [0.25, 0.3) is 10.1 Å². The van der Waals surface area contributed by atoms with E-state index in [4.69, 9.17) is 5.11 Å². The maximum atomic E-state index is 13.5. The summed E-state index contributed by atoms with van der Waals surface area (Å²) >= 11 is 0. The molecule has 4 aromatic carbocycles. The number of carbonyl (C=O) groups is 3. The molecular weight excluding hydrogens is 657 g/mol. The van der Waals surface area contributed by atoms with Gasteiger partial charge in [-0.1, -0.05) is 48.5 Å². The van der Waals surface area contributed by atoms with Crippen molar-refractivity contribution < 1.29 is 32.5 Å².